The van der Waals surface area contributed by atoms with Gasteiger partial charge in [-0.15, -0.1) is 0 Å². The van der Waals surface area contributed by atoms with E-state index in [9.17, 15) is 0 Å². The second-order valence-corrected chi connectivity index (χ2v) is 5.35. The Morgan fingerprint density at radius 3 is 2.56 bits per heavy atom. The Bertz CT molecular complexity index is 577. The monoisotopic (exact) mass is 390 g/mol. The lowest BCUT2D eigenvalue weighted by Gasteiger charge is -2.11. The van der Waals surface area contributed by atoms with Crippen LogP contribution >= 0.6 is 43.5 Å². The number of hydrogen-bond donors (Lipinski definition) is 2. The van der Waals surface area contributed by atoms with Crippen molar-refractivity contribution >= 4 is 60.8 Å². The van der Waals surface area contributed by atoms with Crippen LogP contribution < -0.4 is 10.6 Å². The molecule has 1 aromatic carbocycles. The lowest BCUT2D eigenvalue weighted by atomic mass is 10.3. The number of rotatable bonds is 3. The molecule has 1 heterocycles. The standard InChI is InChI=1S/C11H9Br2ClN4/c1-15-10-9(13)11(17-5-16-10)18-7-4-2-3-6(14)8(7)12/h2-5H,1H3,(H2,15,16,17,18). The van der Waals surface area contributed by atoms with Crippen molar-refractivity contribution in [1.29, 1.82) is 0 Å². The number of nitrogens with zero attached hydrogens (tertiary/aromatic N) is 2. The molecular weight excluding hydrogens is 383 g/mol. The van der Waals surface area contributed by atoms with Crippen molar-refractivity contribution in [2.45, 2.75) is 0 Å². The van der Waals surface area contributed by atoms with Gasteiger partial charge in [0.25, 0.3) is 0 Å². The third-order valence-corrected chi connectivity index (χ3v) is 4.38. The summed E-state index contributed by atoms with van der Waals surface area (Å²) in [7, 11) is 1.80. The molecule has 94 valence electrons. The number of anilines is 3. The molecule has 0 saturated carbocycles. The lowest BCUT2D eigenvalue weighted by molar-refractivity contribution is 1.14. The van der Waals surface area contributed by atoms with E-state index in [1.165, 1.54) is 6.33 Å². The van der Waals surface area contributed by atoms with Crippen LogP contribution in [0.4, 0.5) is 17.3 Å². The molecule has 0 amide bonds. The summed E-state index contributed by atoms with van der Waals surface area (Å²) >= 11 is 12.9. The van der Waals surface area contributed by atoms with Crippen LogP contribution in [0.5, 0.6) is 0 Å². The van der Waals surface area contributed by atoms with E-state index in [1.807, 2.05) is 18.2 Å². The van der Waals surface area contributed by atoms with Crippen molar-refractivity contribution in [3.8, 4) is 0 Å². The zero-order chi connectivity index (χ0) is 13.1. The Morgan fingerprint density at radius 1 is 1.11 bits per heavy atom. The smallest absolute Gasteiger partial charge is 0.150 e. The SMILES string of the molecule is CNc1ncnc(Nc2cccc(Cl)c2Br)c1Br. The van der Waals surface area contributed by atoms with Crippen LogP contribution in [-0.2, 0) is 0 Å². The number of nitrogens with one attached hydrogen (secondary N) is 2. The maximum absolute atomic E-state index is 6.03. The quantitative estimate of drug-likeness (QED) is 0.811. The average molecular weight is 392 g/mol. The number of benzene rings is 1. The van der Waals surface area contributed by atoms with E-state index in [0.29, 0.717) is 16.7 Å². The van der Waals surface area contributed by atoms with Gasteiger partial charge in [-0.25, -0.2) is 9.97 Å². The van der Waals surface area contributed by atoms with E-state index >= 15 is 0 Å². The summed E-state index contributed by atoms with van der Waals surface area (Å²) in [5, 5.41) is 6.80. The van der Waals surface area contributed by atoms with Gasteiger partial charge in [0.15, 0.2) is 0 Å². The normalized spacial score (nSPS) is 10.2. The minimum Gasteiger partial charge on any atom is -0.372 e. The Kier molecular flexibility index (Phi) is 4.42. The molecule has 4 nitrogen and oxygen atoms in total. The highest BCUT2D eigenvalue weighted by Crippen LogP contribution is 2.34. The maximum Gasteiger partial charge on any atom is 0.150 e. The van der Waals surface area contributed by atoms with Gasteiger partial charge in [-0.05, 0) is 44.0 Å². The molecule has 2 aromatic rings. The van der Waals surface area contributed by atoms with Crippen LogP contribution in [0.1, 0.15) is 0 Å². The summed E-state index contributed by atoms with van der Waals surface area (Å²) in [5.74, 6) is 1.38. The molecule has 0 aliphatic carbocycles. The van der Waals surface area contributed by atoms with Gasteiger partial charge in [-0.3, -0.25) is 0 Å². The lowest BCUT2D eigenvalue weighted by Crippen LogP contribution is -2.00. The zero-order valence-corrected chi connectivity index (χ0v) is 13.3. The van der Waals surface area contributed by atoms with E-state index in [-0.39, 0.29) is 0 Å². The molecule has 2 N–H and O–H groups in total. The first-order valence-electron chi connectivity index (χ1n) is 5.02. The molecule has 0 unspecified atom stereocenters. The van der Waals surface area contributed by atoms with Crippen LogP contribution in [0.15, 0.2) is 33.5 Å². The third-order valence-electron chi connectivity index (χ3n) is 2.23. The van der Waals surface area contributed by atoms with Gasteiger partial charge in [0.1, 0.15) is 22.4 Å². The highest BCUT2D eigenvalue weighted by atomic mass is 79.9. The summed E-state index contributed by atoms with van der Waals surface area (Å²) in [6, 6.07) is 5.58. The molecular formula is C11H9Br2ClN4. The molecule has 0 bridgehead atoms. The largest absolute Gasteiger partial charge is 0.372 e. The van der Waals surface area contributed by atoms with Crippen molar-refractivity contribution in [1.82, 2.24) is 9.97 Å². The first kappa shape index (κ1) is 13.6. The average Bonchev–Trinajstić information content (AvgIpc) is 2.37. The van der Waals surface area contributed by atoms with Gasteiger partial charge in [-0.1, -0.05) is 17.7 Å². The van der Waals surface area contributed by atoms with Crippen LogP contribution in [0, 0.1) is 0 Å². The molecule has 0 fully saturated rings. The number of hydrogen-bond acceptors (Lipinski definition) is 4. The summed E-state index contributed by atoms with van der Waals surface area (Å²) < 4.78 is 1.56. The molecule has 2 rings (SSSR count). The summed E-state index contributed by atoms with van der Waals surface area (Å²) in [4.78, 5) is 8.27. The van der Waals surface area contributed by atoms with Crippen LogP contribution in [0.3, 0.4) is 0 Å². The van der Waals surface area contributed by atoms with Gasteiger partial charge in [-0.2, -0.15) is 0 Å². The highest BCUT2D eigenvalue weighted by Gasteiger charge is 2.10. The zero-order valence-electron chi connectivity index (χ0n) is 9.34. The first-order chi connectivity index (χ1) is 8.63. The van der Waals surface area contributed by atoms with Crippen molar-refractivity contribution in [2.24, 2.45) is 0 Å². The van der Waals surface area contributed by atoms with Gasteiger partial charge in [0, 0.05) is 7.05 Å². The van der Waals surface area contributed by atoms with Gasteiger partial charge in [0.05, 0.1) is 15.2 Å². The Balaban J connectivity index is 2.37. The second-order valence-electron chi connectivity index (χ2n) is 3.36. The fraction of sp³-hybridized carbons (Fsp3) is 0.0909. The predicted octanol–water partition coefficient (Wildman–Crippen LogP) is 4.44. The minimum absolute atomic E-state index is 0.638. The van der Waals surface area contributed by atoms with Crippen molar-refractivity contribution in [3.63, 3.8) is 0 Å². The molecule has 0 aliphatic heterocycles. The van der Waals surface area contributed by atoms with Crippen molar-refractivity contribution in [3.05, 3.63) is 38.5 Å². The molecule has 0 atom stereocenters. The molecule has 1 aromatic heterocycles. The van der Waals surface area contributed by atoms with Crippen LogP contribution in [-0.4, -0.2) is 17.0 Å². The number of aromatic nitrogens is 2. The molecule has 0 spiro atoms. The fourth-order valence-corrected chi connectivity index (χ4v) is 2.40. The summed E-state index contributed by atoms with van der Waals surface area (Å²) in [6.07, 6.45) is 1.48. The summed E-state index contributed by atoms with van der Waals surface area (Å²) in [6.45, 7) is 0. The van der Waals surface area contributed by atoms with E-state index in [1.54, 1.807) is 7.05 Å². The van der Waals surface area contributed by atoms with E-state index in [0.717, 1.165) is 14.6 Å². The Labute approximate surface area is 126 Å². The van der Waals surface area contributed by atoms with Gasteiger partial charge < -0.3 is 10.6 Å². The van der Waals surface area contributed by atoms with Gasteiger partial charge in [0.2, 0.25) is 0 Å². The van der Waals surface area contributed by atoms with E-state index < -0.39 is 0 Å². The molecule has 0 aliphatic rings. The third kappa shape index (κ3) is 2.76. The topological polar surface area (TPSA) is 49.8 Å². The minimum atomic E-state index is 0.638. The highest BCUT2D eigenvalue weighted by molar-refractivity contribution is 9.11. The van der Waals surface area contributed by atoms with Gasteiger partial charge >= 0.3 is 0 Å². The van der Waals surface area contributed by atoms with Crippen molar-refractivity contribution in [2.75, 3.05) is 17.7 Å². The summed E-state index contributed by atoms with van der Waals surface area (Å²) in [5.41, 5.74) is 0.837. The Hall–Kier alpha value is -0.850. The maximum atomic E-state index is 6.03. The molecule has 0 saturated heterocycles. The van der Waals surface area contributed by atoms with Crippen LogP contribution in [0.2, 0.25) is 5.02 Å². The predicted molar refractivity (Wildman–Crippen MR) is 81.7 cm³/mol. The first-order valence-corrected chi connectivity index (χ1v) is 6.99. The van der Waals surface area contributed by atoms with E-state index in [2.05, 4.69) is 52.5 Å². The van der Waals surface area contributed by atoms with Crippen LogP contribution in [0.25, 0.3) is 0 Å². The molecule has 0 radical (unpaired) electrons. The van der Waals surface area contributed by atoms with E-state index in [4.69, 9.17) is 11.6 Å². The fourth-order valence-electron chi connectivity index (χ4n) is 1.36. The second kappa shape index (κ2) is 5.86. The van der Waals surface area contributed by atoms with Crippen molar-refractivity contribution < 1.29 is 0 Å². The molecule has 18 heavy (non-hydrogen) atoms. The Morgan fingerprint density at radius 2 is 1.83 bits per heavy atom. The number of halogens is 3. The molecule has 7 heteroatoms.